The molecule has 1 rings (SSSR count). The van der Waals surface area contributed by atoms with Crippen LogP contribution in [0.3, 0.4) is 0 Å². The molecule has 2 nitrogen and oxygen atoms in total. The standard InChI is InChI=1S/C11H13NO/c1-3-8-12-11(13)10-7-5-4-6-9(10)2/h3-8H,1-2H3,(H,12,13)/b8-3-. The zero-order chi connectivity index (χ0) is 9.68. The first-order valence-corrected chi connectivity index (χ1v) is 4.23. The maximum Gasteiger partial charge on any atom is 0.255 e. The van der Waals surface area contributed by atoms with Gasteiger partial charge in [0.15, 0.2) is 0 Å². The number of aryl methyl sites for hydroxylation is 1. The third-order valence-electron chi connectivity index (χ3n) is 1.77. The Kier molecular flexibility index (Phi) is 3.26. The van der Waals surface area contributed by atoms with Crippen LogP contribution in [0.5, 0.6) is 0 Å². The Morgan fingerprint density at radius 2 is 2.08 bits per heavy atom. The monoisotopic (exact) mass is 175 g/mol. The molecule has 68 valence electrons. The van der Waals surface area contributed by atoms with Crippen molar-refractivity contribution in [3.63, 3.8) is 0 Å². The molecular weight excluding hydrogens is 162 g/mol. The number of allylic oxidation sites excluding steroid dienone is 1. The molecule has 0 saturated carbocycles. The summed E-state index contributed by atoms with van der Waals surface area (Å²) in [4.78, 5) is 11.5. The summed E-state index contributed by atoms with van der Waals surface area (Å²) in [6.45, 7) is 3.78. The molecule has 0 saturated heterocycles. The van der Waals surface area contributed by atoms with Crippen molar-refractivity contribution < 1.29 is 4.79 Å². The number of hydrogen-bond acceptors (Lipinski definition) is 1. The van der Waals surface area contributed by atoms with Crippen LogP contribution in [0.2, 0.25) is 0 Å². The van der Waals surface area contributed by atoms with Crippen molar-refractivity contribution in [1.82, 2.24) is 5.32 Å². The normalized spacial score (nSPS) is 10.3. The molecule has 0 spiro atoms. The smallest absolute Gasteiger partial charge is 0.255 e. The Morgan fingerprint density at radius 3 is 2.69 bits per heavy atom. The third-order valence-corrected chi connectivity index (χ3v) is 1.77. The first-order chi connectivity index (χ1) is 6.25. The van der Waals surface area contributed by atoms with Crippen molar-refractivity contribution in [2.75, 3.05) is 0 Å². The van der Waals surface area contributed by atoms with Crippen LogP contribution < -0.4 is 5.32 Å². The number of benzene rings is 1. The van der Waals surface area contributed by atoms with E-state index in [1.165, 1.54) is 0 Å². The predicted molar refractivity (Wildman–Crippen MR) is 53.5 cm³/mol. The maximum absolute atomic E-state index is 11.5. The highest BCUT2D eigenvalue weighted by molar-refractivity contribution is 5.96. The number of rotatable bonds is 2. The molecule has 0 heterocycles. The van der Waals surface area contributed by atoms with E-state index in [0.717, 1.165) is 11.1 Å². The van der Waals surface area contributed by atoms with Crippen LogP contribution in [0.15, 0.2) is 36.5 Å². The molecule has 0 fully saturated rings. The summed E-state index contributed by atoms with van der Waals surface area (Å²) in [5, 5.41) is 2.67. The lowest BCUT2D eigenvalue weighted by Gasteiger charge is -2.02. The minimum absolute atomic E-state index is 0.0591. The van der Waals surface area contributed by atoms with Gasteiger partial charge in [0, 0.05) is 5.56 Å². The Bertz CT molecular complexity index is 329. The average Bonchev–Trinajstić information content (AvgIpc) is 2.15. The molecule has 1 N–H and O–H groups in total. The fourth-order valence-electron chi connectivity index (χ4n) is 1.06. The molecule has 0 bridgehead atoms. The van der Waals surface area contributed by atoms with Gasteiger partial charge in [-0.2, -0.15) is 0 Å². The second-order valence-corrected chi connectivity index (χ2v) is 2.79. The van der Waals surface area contributed by atoms with Gasteiger partial charge in [0.25, 0.3) is 5.91 Å². The van der Waals surface area contributed by atoms with E-state index in [-0.39, 0.29) is 5.91 Å². The SMILES string of the molecule is C/C=C\NC(=O)c1ccccc1C. The minimum atomic E-state index is -0.0591. The topological polar surface area (TPSA) is 29.1 Å². The van der Waals surface area contributed by atoms with Crippen LogP contribution in [0.4, 0.5) is 0 Å². The zero-order valence-corrected chi connectivity index (χ0v) is 7.87. The van der Waals surface area contributed by atoms with Gasteiger partial charge < -0.3 is 5.32 Å². The summed E-state index contributed by atoms with van der Waals surface area (Å²) in [6, 6.07) is 7.51. The highest BCUT2D eigenvalue weighted by Crippen LogP contribution is 2.05. The quantitative estimate of drug-likeness (QED) is 0.734. The molecule has 13 heavy (non-hydrogen) atoms. The van der Waals surface area contributed by atoms with Crippen LogP contribution in [-0.4, -0.2) is 5.91 Å². The molecular formula is C11H13NO. The first-order valence-electron chi connectivity index (χ1n) is 4.23. The largest absolute Gasteiger partial charge is 0.329 e. The van der Waals surface area contributed by atoms with Crippen molar-refractivity contribution in [2.24, 2.45) is 0 Å². The molecule has 0 aromatic heterocycles. The van der Waals surface area contributed by atoms with Crippen LogP contribution in [-0.2, 0) is 0 Å². The molecule has 2 heteroatoms. The molecule has 0 unspecified atom stereocenters. The first kappa shape index (κ1) is 9.52. The van der Waals surface area contributed by atoms with Gasteiger partial charge in [-0.3, -0.25) is 4.79 Å². The minimum Gasteiger partial charge on any atom is -0.329 e. The van der Waals surface area contributed by atoms with E-state index in [1.807, 2.05) is 38.1 Å². The molecule has 0 aliphatic heterocycles. The molecule has 0 aliphatic rings. The Morgan fingerprint density at radius 1 is 1.38 bits per heavy atom. The van der Waals surface area contributed by atoms with E-state index in [4.69, 9.17) is 0 Å². The van der Waals surface area contributed by atoms with Gasteiger partial charge >= 0.3 is 0 Å². The van der Waals surface area contributed by atoms with Crippen molar-refractivity contribution in [2.45, 2.75) is 13.8 Å². The van der Waals surface area contributed by atoms with E-state index in [9.17, 15) is 4.79 Å². The Labute approximate surface area is 78.3 Å². The van der Waals surface area contributed by atoms with E-state index < -0.39 is 0 Å². The molecule has 0 atom stereocenters. The molecule has 0 radical (unpaired) electrons. The van der Waals surface area contributed by atoms with Crippen molar-refractivity contribution in [1.29, 1.82) is 0 Å². The van der Waals surface area contributed by atoms with E-state index in [2.05, 4.69) is 5.32 Å². The number of carbonyl (C=O) groups is 1. The van der Waals surface area contributed by atoms with Crippen LogP contribution >= 0.6 is 0 Å². The molecule has 0 aliphatic carbocycles. The number of hydrogen-bond donors (Lipinski definition) is 1. The maximum atomic E-state index is 11.5. The number of amides is 1. The molecule has 1 aromatic rings. The number of carbonyl (C=O) groups excluding carboxylic acids is 1. The van der Waals surface area contributed by atoms with Crippen molar-refractivity contribution in [3.05, 3.63) is 47.7 Å². The van der Waals surface area contributed by atoms with Crippen LogP contribution in [0.1, 0.15) is 22.8 Å². The van der Waals surface area contributed by atoms with Crippen LogP contribution in [0.25, 0.3) is 0 Å². The van der Waals surface area contributed by atoms with Gasteiger partial charge in [-0.1, -0.05) is 24.3 Å². The van der Waals surface area contributed by atoms with E-state index in [1.54, 1.807) is 12.3 Å². The van der Waals surface area contributed by atoms with Gasteiger partial charge in [-0.15, -0.1) is 0 Å². The van der Waals surface area contributed by atoms with Gasteiger partial charge in [-0.05, 0) is 31.7 Å². The summed E-state index contributed by atoms with van der Waals surface area (Å²) in [5.41, 5.74) is 1.71. The van der Waals surface area contributed by atoms with Gasteiger partial charge in [0.1, 0.15) is 0 Å². The average molecular weight is 175 g/mol. The second kappa shape index (κ2) is 4.45. The molecule has 1 amide bonds. The highest BCUT2D eigenvalue weighted by Gasteiger charge is 2.04. The summed E-state index contributed by atoms with van der Waals surface area (Å²) in [5.74, 6) is -0.0591. The Balaban J connectivity index is 2.83. The number of nitrogens with one attached hydrogen (secondary N) is 1. The fraction of sp³-hybridized carbons (Fsp3) is 0.182. The van der Waals surface area contributed by atoms with E-state index in [0.29, 0.717) is 0 Å². The Hall–Kier alpha value is -1.57. The lowest BCUT2D eigenvalue weighted by atomic mass is 10.1. The van der Waals surface area contributed by atoms with E-state index >= 15 is 0 Å². The van der Waals surface area contributed by atoms with Gasteiger partial charge in [-0.25, -0.2) is 0 Å². The van der Waals surface area contributed by atoms with Crippen molar-refractivity contribution in [3.8, 4) is 0 Å². The lowest BCUT2D eigenvalue weighted by molar-refractivity contribution is 0.0969. The summed E-state index contributed by atoms with van der Waals surface area (Å²) in [7, 11) is 0. The van der Waals surface area contributed by atoms with Crippen LogP contribution in [0, 0.1) is 6.92 Å². The highest BCUT2D eigenvalue weighted by atomic mass is 16.1. The predicted octanol–water partition coefficient (Wildman–Crippen LogP) is 2.26. The zero-order valence-electron chi connectivity index (χ0n) is 7.87. The van der Waals surface area contributed by atoms with Crippen molar-refractivity contribution >= 4 is 5.91 Å². The van der Waals surface area contributed by atoms with Gasteiger partial charge in [0.05, 0.1) is 0 Å². The second-order valence-electron chi connectivity index (χ2n) is 2.79. The fourth-order valence-corrected chi connectivity index (χ4v) is 1.06. The molecule has 1 aromatic carbocycles. The van der Waals surface area contributed by atoms with Gasteiger partial charge in [0.2, 0.25) is 0 Å². The summed E-state index contributed by atoms with van der Waals surface area (Å²) >= 11 is 0. The summed E-state index contributed by atoms with van der Waals surface area (Å²) in [6.07, 6.45) is 3.42. The lowest BCUT2D eigenvalue weighted by Crippen LogP contribution is -2.17. The summed E-state index contributed by atoms with van der Waals surface area (Å²) < 4.78 is 0. The third kappa shape index (κ3) is 2.44.